The summed E-state index contributed by atoms with van der Waals surface area (Å²) in [7, 11) is 0. The van der Waals surface area contributed by atoms with Crippen LogP contribution >= 0.6 is 0 Å². The maximum Gasteiger partial charge on any atom is 0.274 e. The molecule has 5 heteroatoms. The van der Waals surface area contributed by atoms with Crippen molar-refractivity contribution in [2.75, 3.05) is 11.1 Å². The van der Waals surface area contributed by atoms with E-state index in [-0.39, 0.29) is 11.4 Å². The molecule has 0 aliphatic heterocycles. The zero-order chi connectivity index (χ0) is 15.7. The fourth-order valence-electron chi connectivity index (χ4n) is 2.37. The number of halogens is 1. The molecule has 0 bridgehead atoms. The predicted molar refractivity (Wildman–Crippen MR) is 85.2 cm³/mol. The Morgan fingerprint density at radius 2 is 2.00 bits per heavy atom. The zero-order valence-corrected chi connectivity index (χ0v) is 11.9. The molecule has 1 aromatic heterocycles. The van der Waals surface area contributed by atoms with Gasteiger partial charge in [-0.1, -0.05) is 12.1 Å². The van der Waals surface area contributed by atoms with Gasteiger partial charge in [-0.2, -0.15) is 0 Å². The van der Waals surface area contributed by atoms with Crippen molar-refractivity contribution in [3.8, 4) is 0 Å². The first-order valence-corrected chi connectivity index (χ1v) is 6.76. The first-order valence-electron chi connectivity index (χ1n) is 6.76. The molecule has 0 aliphatic carbocycles. The van der Waals surface area contributed by atoms with Gasteiger partial charge in [0.05, 0.1) is 0 Å². The molecule has 4 nitrogen and oxygen atoms in total. The average Bonchev–Trinajstić information content (AvgIpc) is 2.46. The van der Waals surface area contributed by atoms with E-state index in [0.717, 1.165) is 5.56 Å². The van der Waals surface area contributed by atoms with Gasteiger partial charge < -0.3 is 11.1 Å². The lowest BCUT2D eigenvalue weighted by Gasteiger charge is -2.09. The molecule has 0 atom stereocenters. The van der Waals surface area contributed by atoms with Gasteiger partial charge in [-0.3, -0.25) is 9.78 Å². The summed E-state index contributed by atoms with van der Waals surface area (Å²) in [5.41, 5.74) is 7.91. The molecule has 1 amide bonds. The van der Waals surface area contributed by atoms with Gasteiger partial charge in [0.2, 0.25) is 0 Å². The maximum absolute atomic E-state index is 13.6. The summed E-state index contributed by atoms with van der Waals surface area (Å²) in [5, 5.41) is 3.76. The number of fused-ring (bicyclic) bond motifs is 1. The van der Waals surface area contributed by atoms with Crippen molar-refractivity contribution in [2.24, 2.45) is 0 Å². The van der Waals surface area contributed by atoms with Crippen LogP contribution in [0.2, 0.25) is 0 Å². The quantitative estimate of drug-likeness (QED) is 0.711. The monoisotopic (exact) mass is 295 g/mol. The number of nitrogens with zero attached hydrogens (tertiary/aromatic N) is 1. The molecule has 3 rings (SSSR count). The average molecular weight is 295 g/mol. The Balaban J connectivity index is 2.04. The minimum Gasteiger partial charge on any atom is -0.398 e. The molecule has 0 spiro atoms. The minimum absolute atomic E-state index is 0.144. The molecular weight excluding hydrogens is 281 g/mol. The predicted octanol–water partition coefficient (Wildman–Crippen LogP) is 3.52. The van der Waals surface area contributed by atoms with Gasteiger partial charge in [0.25, 0.3) is 5.91 Å². The lowest BCUT2D eigenvalue weighted by atomic mass is 10.1. The van der Waals surface area contributed by atoms with Crippen molar-refractivity contribution in [1.82, 2.24) is 4.98 Å². The second kappa shape index (κ2) is 5.44. The van der Waals surface area contributed by atoms with Crippen molar-refractivity contribution in [3.05, 3.63) is 65.7 Å². The number of benzene rings is 2. The highest BCUT2D eigenvalue weighted by atomic mass is 19.1. The lowest BCUT2D eigenvalue weighted by molar-refractivity contribution is 0.102. The summed E-state index contributed by atoms with van der Waals surface area (Å²) in [6.07, 6.45) is 1.49. The Hall–Kier alpha value is -2.95. The fraction of sp³-hybridized carbons (Fsp3) is 0.0588. The van der Waals surface area contributed by atoms with Crippen LogP contribution < -0.4 is 11.1 Å². The van der Waals surface area contributed by atoms with Crippen LogP contribution in [0.1, 0.15) is 16.1 Å². The van der Waals surface area contributed by atoms with Crippen molar-refractivity contribution in [3.63, 3.8) is 0 Å². The highest BCUT2D eigenvalue weighted by Crippen LogP contribution is 2.25. The Bertz CT molecular complexity index is 877. The van der Waals surface area contributed by atoms with Crippen LogP contribution in [-0.2, 0) is 0 Å². The lowest BCUT2D eigenvalue weighted by Crippen LogP contribution is -2.14. The summed E-state index contributed by atoms with van der Waals surface area (Å²) in [5.74, 6) is -0.899. The third kappa shape index (κ3) is 2.61. The molecule has 0 aliphatic rings. The van der Waals surface area contributed by atoms with Crippen LogP contribution in [0, 0.1) is 12.7 Å². The van der Waals surface area contributed by atoms with E-state index < -0.39 is 11.7 Å². The molecule has 110 valence electrons. The van der Waals surface area contributed by atoms with Gasteiger partial charge in [0.1, 0.15) is 11.5 Å². The van der Waals surface area contributed by atoms with E-state index in [0.29, 0.717) is 16.5 Å². The summed E-state index contributed by atoms with van der Waals surface area (Å²) < 4.78 is 13.6. The minimum atomic E-state index is -0.498. The normalized spacial score (nSPS) is 10.6. The van der Waals surface area contributed by atoms with Crippen LogP contribution in [0.3, 0.4) is 0 Å². The first-order chi connectivity index (χ1) is 10.5. The SMILES string of the molecule is Cc1cccc(NC(=O)c2nccc3c(N)cc(F)cc23)c1. The number of nitrogens with one attached hydrogen (secondary N) is 1. The smallest absolute Gasteiger partial charge is 0.274 e. The molecular formula is C17H14FN3O. The number of nitrogens with two attached hydrogens (primary N) is 1. The second-order valence-electron chi connectivity index (χ2n) is 5.07. The molecule has 1 heterocycles. The van der Waals surface area contributed by atoms with Gasteiger partial charge >= 0.3 is 0 Å². The molecule has 0 saturated heterocycles. The number of nitrogen functional groups attached to an aromatic ring is 1. The van der Waals surface area contributed by atoms with E-state index in [2.05, 4.69) is 10.3 Å². The number of amides is 1. The van der Waals surface area contributed by atoms with Gasteiger partial charge in [0, 0.05) is 28.3 Å². The topological polar surface area (TPSA) is 68.0 Å². The molecule has 0 radical (unpaired) electrons. The number of rotatable bonds is 2. The molecule has 0 unspecified atom stereocenters. The summed E-state index contributed by atoms with van der Waals surface area (Å²) in [4.78, 5) is 16.5. The Morgan fingerprint density at radius 3 is 2.77 bits per heavy atom. The summed E-state index contributed by atoms with van der Waals surface area (Å²) in [6.45, 7) is 1.93. The van der Waals surface area contributed by atoms with Gasteiger partial charge in [0.15, 0.2) is 0 Å². The van der Waals surface area contributed by atoms with Crippen molar-refractivity contribution >= 4 is 28.1 Å². The van der Waals surface area contributed by atoms with Crippen LogP contribution in [-0.4, -0.2) is 10.9 Å². The molecule has 2 aromatic carbocycles. The third-order valence-corrected chi connectivity index (χ3v) is 3.37. The number of hydrogen-bond acceptors (Lipinski definition) is 3. The Labute approximate surface area is 126 Å². The molecule has 0 saturated carbocycles. The largest absolute Gasteiger partial charge is 0.398 e. The molecule has 0 fully saturated rings. The number of pyridine rings is 1. The number of anilines is 2. The number of carbonyl (C=O) groups excluding carboxylic acids is 1. The zero-order valence-electron chi connectivity index (χ0n) is 11.9. The van der Waals surface area contributed by atoms with E-state index in [1.165, 1.54) is 18.3 Å². The highest BCUT2D eigenvalue weighted by molar-refractivity contribution is 6.13. The standard InChI is InChI=1S/C17H14FN3O/c1-10-3-2-4-12(7-10)21-17(22)16-14-8-11(18)9-15(19)13(14)5-6-20-16/h2-9H,19H2,1H3,(H,21,22). The van der Waals surface area contributed by atoms with Gasteiger partial charge in [-0.15, -0.1) is 0 Å². The van der Waals surface area contributed by atoms with E-state index in [1.807, 2.05) is 25.1 Å². The Morgan fingerprint density at radius 1 is 1.18 bits per heavy atom. The van der Waals surface area contributed by atoms with E-state index in [1.54, 1.807) is 12.1 Å². The maximum atomic E-state index is 13.6. The molecule has 3 N–H and O–H groups in total. The number of aromatic nitrogens is 1. The van der Waals surface area contributed by atoms with Crippen LogP contribution in [0.15, 0.2) is 48.7 Å². The summed E-state index contributed by atoms with van der Waals surface area (Å²) in [6, 6.07) is 11.6. The van der Waals surface area contributed by atoms with Crippen LogP contribution in [0.5, 0.6) is 0 Å². The van der Waals surface area contributed by atoms with E-state index in [9.17, 15) is 9.18 Å². The molecule has 22 heavy (non-hydrogen) atoms. The van der Waals surface area contributed by atoms with Crippen LogP contribution in [0.25, 0.3) is 10.8 Å². The molecule has 3 aromatic rings. The number of hydrogen-bond donors (Lipinski definition) is 2. The highest BCUT2D eigenvalue weighted by Gasteiger charge is 2.14. The number of carbonyl (C=O) groups is 1. The van der Waals surface area contributed by atoms with Crippen LogP contribution in [0.4, 0.5) is 15.8 Å². The first kappa shape index (κ1) is 14.0. The third-order valence-electron chi connectivity index (χ3n) is 3.37. The summed E-state index contributed by atoms with van der Waals surface area (Å²) >= 11 is 0. The van der Waals surface area contributed by atoms with E-state index in [4.69, 9.17) is 5.73 Å². The van der Waals surface area contributed by atoms with Crippen molar-refractivity contribution in [1.29, 1.82) is 0 Å². The van der Waals surface area contributed by atoms with Crippen molar-refractivity contribution < 1.29 is 9.18 Å². The van der Waals surface area contributed by atoms with Gasteiger partial charge in [-0.05, 0) is 42.8 Å². The van der Waals surface area contributed by atoms with E-state index >= 15 is 0 Å². The Kier molecular flexibility index (Phi) is 3.47. The van der Waals surface area contributed by atoms with Crippen molar-refractivity contribution in [2.45, 2.75) is 6.92 Å². The van der Waals surface area contributed by atoms with Gasteiger partial charge in [-0.25, -0.2) is 4.39 Å². The second-order valence-corrected chi connectivity index (χ2v) is 5.07. The number of aryl methyl sites for hydroxylation is 1. The fourth-order valence-corrected chi connectivity index (χ4v) is 2.37.